The number of carbonyl (C=O) groups excluding carboxylic acids is 1. The molecule has 1 aliphatic rings. The van der Waals surface area contributed by atoms with Crippen LogP contribution < -0.4 is 0 Å². The molecule has 0 unspecified atom stereocenters. The summed E-state index contributed by atoms with van der Waals surface area (Å²) in [6.45, 7) is 4.94. The maximum atomic E-state index is 12.8. The molecule has 3 rings (SSSR count). The Labute approximate surface area is 153 Å². The zero-order chi connectivity index (χ0) is 17.5. The SMILES string of the molecule is CCOC(=O)[C@@]1(CCc2ccccc2)CCCN(Cc2nccs2)C1. The number of esters is 1. The van der Waals surface area contributed by atoms with Gasteiger partial charge in [0.15, 0.2) is 0 Å². The smallest absolute Gasteiger partial charge is 0.313 e. The second-order valence-corrected chi connectivity index (χ2v) is 7.71. The normalized spacial score (nSPS) is 21.2. The molecular weight excluding hydrogens is 332 g/mol. The number of nitrogens with zero attached hydrogens (tertiary/aromatic N) is 2. The lowest BCUT2D eigenvalue weighted by Crippen LogP contribution is -2.48. The molecule has 5 heteroatoms. The minimum atomic E-state index is -0.401. The predicted octanol–water partition coefficient (Wildman–Crippen LogP) is 3.92. The van der Waals surface area contributed by atoms with Gasteiger partial charge in [-0.3, -0.25) is 9.69 Å². The lowest BCUT2D eigenvalue weighted by atomic mass is 9.75. The number of ether oxygens (including phenoxy) is 1. The summed E-state index contributed by atoms with van der Waals surface area (Å²) in [5.41, 5.74) is 0.879. The third kappa shape index (κ3) is 4.67. The standard InChI is InChI=1S/C20H26N2O2S/c1-2-24-19(23)20(11-9-17-7-4-3-5-8-17)10-6-13-22(16-20)15-18-21-12-14-25-18/h3-5,7-8,12,14H,2,6,9-11,13,15-16H2,1H3/t20-/m1/s1. The van der Waals surface area contributed by atoms with Gasteiger partial charge in [-0.05, 0) is 44.7 Å². The van der Waals surface area contributed by atoms with E-state index in [1.807, 2.05) is 24.6 Å². The lowest BCUT2D eigenvalue weighted by molar-refractivity contribution is -0.160. The molecule has 134 valence electrons. The van der Waals surface area contributed by atoms with Gasteiger partial charge in [0.2, 0.25) is 0 Å². The molecule has 0 aliphatic carbocycles. The zero-order valence-corrected chi connectivity index (χ0v) is 15.6. The van der Waals surface area contributed by atoms with Gasteiger partial charge in [0, 0.05) is 18.1 Å². The van der Waals surface area contributed by atoms with Crippen LogP contribution in [0.5, 0.6) is 0 Å². The number of thiazole rings is 1. The largest absolute Gasteiger partial charge is 0.466 e. The monoisotopic (exact) mass is 358 g/mol. The number of likely N-dealkylation sites (tertiary alicyclic amines) is 1. The van der Waals surface area contributed by atoms with Crippen molar-refractivity contribution in [3.63, 3.8) is 0 Å². The van der Waals surface area contributed by atoms with Crippen LogP contribution in [0.15, 0.2) is 41.9 Å². The molecule has 1 fully saturated rings. The highest BCUT2D eigenvalue weighted by atomic mass is 32.1. The first kappa shape index (κ1) is 18.1. The number of aromatic nitrogens is 1. The van der Waals surface area contributed by atoms with Crippen molar-refractivity contribution in [2.24, 2.45) is 5.41 Å². The second-order valence-electron chi connectivity index (χ2n) is 6.73. The zero-order valence-electron chi connectivity index (χ0n) is 14.8. The summed E-state index contributed by atoms with van der Waals surface area (Å²) in [6.07, 6.45) is 5.53. The van der Waals surface area contributed by atoms with Crippen LogP contribution in [0, 0.1) is 5.41 Å². The van der Waals surface area contributed by atoms with Crippen LogP contribution in [0.3, 0.4) is 0 Å². The van der Waals surface area contributed by atoms with Gasteiger partial charge in [0.05, 0.1) is 18.6 Å². The van der Waals surface area contributed by atoms with E-state index in [-0.39, 0.29) is 5.97 Å². The number of aryl methyl sites for hydroxylation is 1. The highest BCUT2D eigenvalue weighted by Crippen LogP contribution is 2.37. The number of piperidine rings is 1. The molecule has 1 aromatic heterocycles. The topological polar surface area (TPSA) is 42.4 Å². The maximum absolute atomic E-state index is 12.8. The predicted molar refractivity (Wildman–Crippen MR) is 100 cm³/mol. The Morgan fingerprint density at radius 3 is 2.92 bits per heavy atom. The van der Waals surface area contributed by atoms with Gasteiger partial charge < -0.3 is 4.74 Å². The van der Waals surface area contributed by atoms with E-state index in [0.717, 1.165) is 50.3 Å². The fourth-order valence-corrected chi connectivity index (χ4v) is 4.33. The highest BCUT2D eigenvalue weighted by Gasteiger charge is 2.43. The molecule has 1 aromatic carbocycles. The van der Waals surface area contributed by atoms with E-state index in [1.165, 1.54) is 5.56 Å². The summed E-state index contributed by atoms with van der Waals surface area (Å²) in [6, 6.07) is 10.4. The van der Waals surface area contributed by atoms with E-state index in [0.29, 0.717) is 6.61 Å². The Bertz CT molecular complexity index is 660. The molecule has 2 aromatic rings. The third-order valence-corrected chi connectivity index (χ3v) is 5.71. The van der Waals surface area contributed by atoms with E-state index in [1.54, 1.807) is 11.3 Å². The van der Waals surface area contributed by atoms with E-state index in [9.17, 15) is 4.79 Å². The maximum Gasteiger partial charge on any atom is 0.313 e. The van der Waals surface area contributed by atoms with Crippen LogP contribution in [0.4, 0.5) is 0 Å². The Kier molecular flexibility index (Phi) is 6.21. The van der Waals surface area contributed by atoms with Crippen molar-refractivity contribution in [3.8, 4) is 0 Å². The number of benzene rings is 1. The summed E-state index contributed by atoms with van der Waals surface area (Å²) in [5, 5.41) is 3.12. The van der Waals surface area contributed by atoms with Gasteiger partial charge in [0.1, 0.15) is 5.01 Å². The fourth-order valence-electron chi connectivity index (χ4n) is 3.67. The summed E-state index contributed by atoms with van der Waals surface area (Å²) in [7, 11) is 0. The molecule has 0 amide bonds. The Hall–Kier alpha value is -1.72. The highest BCUT2D eigenvalue weighted by molar-refractivity contribution is 7.09. The van der Waals surface area contributed by atoms with Crippen LogP contribution in [-0.4, -0.2) is 35.5 Å². The Morgan fingerprint density at radius 2 is 2.20 bits per heavy atom. The van der Waals surface area contributed by atoms with Gasteiger partial charge >= 0.3 is 5.97 Å². The van der Waals surface area contributed by atoms with Crippen molar-refractivity contribution in [3.05, 3.63) is 52.5 Å². The van der Waals surface area contributed by atoms with Gasteiger partial charge in [-0.1, -0.05) is 30.3 Å². The van der Waals surface area contributed by atoms with Crippen molar-refractivity contribution in [2.45, 2.75) is 39.2 Å². The second kappa shape index (κ2) is 8.59. The van der Waals surface area contributed by atoms with E-state index in [4.69, 9.17) is 4.74 Å². The van der Waals surface area contributed by atoms with E-state index < -0.39 is 5.41 Å². The van der Waals surface area contributed by atoms with Crippen LogP contribution in [0.25, 0.3) is 0 Å². The number of hydrogen-bond donors (Lipinski definition) is 0. The summed E-state index contributed by atoms with van der Waals surface area (Å²) in [5.74, 6) is -0.0326. The first-order valence-electron chi connectivity index (χ1n) is 9.04. The Morgan fingerprint density at radius 1 is 1.36 bits per heavy atom. The molecule has 0 radical (unpaired) electrons. The molecule has 1 aliphatic heterocycles. The molecule has 4 nitrogen and oxygen atoms in total. The minimum absolute atomic E-state index is 0.0326. The van der Waals surface area contributed by atoms with Crippen molar-refractivity contribution in [1.29, 1.82) is 0 Å². The third-order valence-electron chi connectivity index (χ3n) is 4.94. The summed E-state index contributed by atoms with van der Waals surface area (Å²) >= 11 is 1.68. The molecule has 1 atom stereocenters. The first-order valence-corrected chi connectivity index (χ1v) is 9.92. The quantitative estimate of drug-likeness (QED) is 0.704. The molecule has 0 saturated carbocycles. The molecule has 2 heterocycles. The van der Waals surface area contributed by atoms with Crippen LogP contribution in [-0.2, 0) is 22.5 Å². The molecule has 25 heavy (non-hydrogen) atoms. The molecule has 0 N–H and O–H groups in total. The minimum Gasteiger partial charge on any atom is -0.466 e. The molecular formula is C20H26N2O2S. The van der Waals surface area contributed by atoms with Crippen molar-refractivity contribution < 1.29 is 9.53 Å². The molecule has 0 spiro atoms. The molecule has 1 saturated heterocycles. The van der Waals surface area contributed by atoms with Gasteiger partial charge in [-0.25, -0.2) is 4.98 Å². The average molecular weight is 359 g/mol. The van der Waals surface area contributed by atoms with Gasteiger partial charge in [0.25, 0.3) is 0 Å². The van der Waals surface area contributed by atoms with Crippen LogP contribution in [0.2, 0.25) is 0 Å². The van der Waals surface area contributed by atoms with Gasteiger partial charge in [-0.2, -0.15) is 0 Å². The fraction of sp³-hybridized carbons (Fsp3) is 0.500. The lowest BCUT2D eigenvalue weighted by Gasteiger charge is -2.40. The number of hydrogen-bond acceptors (Lipinski definition) is 5. The van der Waals surface area contributed by atoms with Crippen molar-refractivity contribution in [1.82, 2.24) is 9.88 Å². The number of carbonyl (C=O) groups is 1. The summed E-state index contributed by atoms with van der Waals surface area (Å²) < 4.78 is 5.48. The van der Waals surface area contributed by atoms with Crippen molar-refractivity contribution >= 4 is 17.3 Å². The number of rotatable bonds is 7. The first-order chi connectivity index (χ1) is 12.2. The van der Waals surface area contributed by atoms with E-state index in [2.05, 4.69) is 34.1 Å². The average Bonchev–Trinajstić information content (AvgIpc) is 3.14. The summed E-state index contributed by atoms with van der Waals surface area (Å²) in [4.78, 5) is 19.6. The van der Waals surface area contributed by atoms with Crippen LogP contribution in [0.1, 0.15) is 36.8 Å². The Balaban J connectivity index is 1.72. The van der Waals surface area contributed by atoms with Gasteiger partial charge in [-0.15, -0.1) is 11.3 Å². The van der Waals surface area contributed by atoms with Crippen molar-refractivity contribution in [2.75, 3.05) is 19.7 Å². The molecule has 0 bridgehead atoms. The van der Waals surface area contributed by atoms with E-state index >= 15 is 0 Å². The van der Waals surface area contributed by atoms with Crippen LogP contribution >= 0.6 is 11.3 Å².